The summed E-state index contributed by atoms with van der Waals surface area (Å²) in [6, 6.07) is 15.3. The molecule has 1 N–H and O–H groups in total. The summed E-state index contributed by atoms with van der Waals surface area (Å²) >= 11 is 0. The van der Waals surface area contributed by atoms with E-state index in [0.29, 0.717) is 35.4 Å². The highest BCUT2D eigenvalue weighted by Crippen LogP contribution is 2.47. The van der Waals surface area contributed by atoms with Gasteiger partial charge >= 0.3 is 5.97 Å². The number of dihydropyridines is 1. The van der Waals surface area contributed by atoms with Crippen LogP contribution < -0.4 is 14.8 Å². The number of benzene rings is 2. The van der Waals surface area contributed by atoms with Crippen molar-refractivity contribution in [2.24, 2.45) is 0 Å². The molecule has 6 nitrogen and oxygen atoms in total. The summed E-state index contributed by atoms with van der Waals surface area (Å²) in [5.41, 5.74) is 4.46. The SMILES string of the molecule is COC(=O)C1=C(C)NC2=C(C(=O)C[C@@H](c3ccc(OC)cc3)C2)[C@@H]1c1ccccc1OC. The van der Waals surface area contributed by atoms with Crippen molar-refractivity contribution >= 4 is 11.8 Å². The molecule has 0 saturated heterocycles. The number of hydrogen-bond acceptors (Lipinski definition) is 6. The number of carbonyl (C=O) groups excluding carboxylic acids is 2. The maximum absolute atomic E-state index is 13.5. The fraction of sp³-hybridized carbons (Fsp3) is 0.308. The lowest BCUT2D eigenvalue weighted by Crippen LogP contribution is -2.36. The zero-order valence-electron chi connectivity index (χ0n) is 18.7. The van der Waals surface area contributed by atoms with Crippen LogP contribution >= 0.6 is 0 Å². The first-order valence-corrected chi connectivity index (χ1v) is 10.6. The summed E-state index contributed by atoms with van der Waals surface area (Å²) in [5, 5.41) is 3.35. The molecule has 1 aliphatic carbocycles. The molecule has 1 aliphatic heterocycles. The number of ether oxygens (including phenoxy) is 3. The summed E-state index contributed by atoms with van der Waals surface area (Å²) < 4.78 is 15.9. The van der Waals surface area contributed by atoms with Crippen molar-refractivity contribution in [3.63, 3.8) is 0 Å². The van der Waals surface area contributed by atoms with Crippen molar-refractivity contribution in [3.8, 4) is 11.5 Å². The van der Waals surface area contributed by atoms with E-state index in [0.717, 1.165) is 22.6 Å². The van der Waals surface area contributed by atoms with Crippen LogP contribution in [0.25, 0.3) is 0 Å². The summed E-state index contributed by atoms with van der Waals surface area (Å²) in [6.45, 7) is 1.85. The van der Waals surface area contributed by atoms with Gasteiger partial charge in [0.2, 0.25) is 0 Å². The minimum atomic E-state index is -0.542. The molecule has 2 atom stereocenters. The van der Waals surface area contributed by atoms with Crippen molar-refractivity contribution in [2.75, 3.05) is 21.3 Å². The van der Waals surface area contributed by atoms with Crippen LogP contribution in [0.2, 0.25) is 0 Å². The van der Waals surface area contributed by atoms with E-state index >= 15 is 0 Å². The molecule has 0 bridgehead atoms. The van der Waals surface area contributed by atoms with Gasteiger partial charge in [-0.2, -0.15) is 0 Å². The highest BCUT2D eigenvalue weighted by Gasteiger charge is 2.42. The molecule has 1 heterocycles. The van der Waals surface area contributed by atoms with E-state index in [1.165, 1.54) is 7.11 Å². The average Bonchev–Trinajstić information content (AvgIpc) is 2.82. The fourth-order valence-corrected chi connectivity index (χ4v) is 4.75. The van der Waals surface area contributed by atoms with E-state index < -0.39 is 11.9 Å². The van der Waals surface area contributed by atoms with Gasteiger partial charge in [0.05, 0.1) is 32.8 Å². The lowest BCUT2D eigenvalue weighted by atomic mass is 9.71. The van der Waals surface area contributed by atoms with Gasteiger partial charge in [0.25, 0.3) is 0 Å². The molecular formula is C26H27NO5. The lowest BCUT2D eigenvalue weighted by molar-refractivity contribution is -0.136. The van der Waals surface area contributed by atoms with Crippen LogP contribution in [-0.2, 0) is 14.3 Å². The predicted octanol–water partition coefficient (Wildman–Crippen LogP) is 4.24. The molecule has 0 amide bonds. The number of hydrogen-bond donors (Lipinski definition) is 1. The molecule has 166 valence electrons. The molecule has 0 fully saturated rings. The minimum Gasteiger partial charge on any atom is -0.497 e. The Bertz CT molecular complexity index is 1110. The average molecular weight is 434 g/mol. The van der Waals surface area contributed by atoms with Crippen LogP contribution in [0.15, 0.2) is 71.1 Å². The number of nitrogens with one attached hydrogen (secondary N) is 1. The highest BCUT2D eigenvalue weighted by atomic mass is 16.5. The van der Waals surface area contributed by atoms with Crippen molar-refractivity contribution in [1.29, 1.82) is 0 Å². The minimum absolute atomic E-state index is 0.0179. The quantitative estimate of drug-likeness (QED) is 0.711. The van der Waals surface area contributed by atoms with Gasteiger partial charge in [0, 0.05) is 29.0 Å². The highest BCUT2D eigenvalue weighted by molar-refractivity contribution is 6.04. The first-order valence-electron chi connectivity index (χ1n) is 10.6. The zero-order valence-corrected chi connectivity index (χ0v) is 18.7. The van der Waals surface area contributed by atoms with Gasteiger partial charge in [-0.25, -0.2) is 4.79 Å². The summed E-state index contributed by atoms with van der Waals surface area (Å²) in [4.78, 5) is 26.3. The molecule has 0 spiro atoms. The predicted molar refractivity (Wildman–Crippen MR) is 121 cm³/mol. The molecule has 2 aliphatic rings. The van der Waals surface area contributed by atoms with Crippen molar-refractivity contribution < 1.29 is 23.8 Å². The van der Waals surface area contributed by atoms with Crippen LogP contribution in [0.3, 0.4) is 0 Å². The Balaban J connectivity index is 1.80. The van der Waals surface area contributed by atoms with Gasteiger partial charge in [0.15, 0.2) is 5.78 Å². The Hall–Kier alpha value is -3.54. The van der Waals surface area contributed by atoms with E-state index in [4.69, 9.17) is 14.2 Å². The maximum atomic E-state index is 13.5. The normalized spacial score (nSPS) is 20.4. The van der Waals surface area contributed by atoms with Gasteiger partial charge in [-0.15, -0.1) is 0 Å². The Labute approximate surface area is 187 Å². The summed E-state index contributed by atoms with van der Waals surface area (Å²) in [6.07, 6.45) is 1.04. The Kier molecular flexibility index (Phi) is 6.04. The van der Waals surface area contributed by atoms with Crippen LogP contribution in [0.1, 0.15) is 42.7 Å². The topological polar surface area (TPSA) is 73.9 Å². The number of methoxy groups -OCH3 is 3. The first-order chi connectivity index (χ1) is 15.5. The number of Topliss-reactive ketones (excluding diaryl/α,β-unsaturated/α-hetero) is 1. The third kappa shape index (κ3) is 3.77. The van der Waals surface area contributed by atoms with Crippen LogP contribution in [0, 0.1) is 0 Å². The number of ketones is 1. The Morgan fingerprint density at radius 1 is 0.969 bits per heavy atom. The number of esters is 1. The maximum Gasteiger partial charge on any atom is 0.336 e. The molecule has 0 saturated carbocycles. The van der Waals surface area contributed by atoms with Crippen LogP contribution in [-0.4, -0.2) is 33.1 Å². The Morgan fingerprint density at radius 2 is 1.69 bits per heavy atom. The summed E-state index contributed by atoms with van der Waals surface area (Å²) in [7, 11) is 4.58. The second-order valence-corrected chi connectivity index (χ2v) is 8.02. The van der Waals surface area contributed by atoms with Gasteiger partial charge < -0.3 is 19.5 Å². The molecule has 4 rings (SSSR count). The molecule has 2 aromatic rings. The molecule has 6 heteroatoms. The van der Waals surface area contributed by atoms with Crippen molar-refractivity contribution in [3.05, 3.63) is 82.2 Å². The standard InChI is InChI=1S/C26H27NO5/c1-15-23(26(29)32-4)24(19-7-5-6-8-22(19)31-3)25-20(27-15)13-17(14-21(25)28)16-9-11-18(30-2)12-10-16/h5-12,17,24,27H,13-14H2,1-4H3/t17-,24+/m0/s1. The third-order valence-electron chi connectivity index (χ3n) is 6.27. The molecular weight excluding hydrogens is 406 g/mol. The summed E-state index contributed by atoms with van der Waals surface area (Å²) in [5.74, 6) is 0.478. The van der Waals surface area contributed by atoms with Gasteiger partial charge in [-0.1, -0.05) is 30.3 Å². The van der Waals surface area contributed by atoms with E-state index in [9.17, 15) is 9.59 Å². The smallest absolute Gasteiger partial charge is 0.336 e. The number of para-hydroxylation sites is 1. The Morgan fingerprint density at radius 3 is 2.34 bits per heavy atom. The van der Waals surface area contributed by atoms with Gasteiger partial charge in [0.1, 0.15) is 11.5 Å². The molecule has 0 aromatic heterocycles. The number of carbonyl (C=O) groups is 2. The third-order valence-corrected chi connectivity index (χ3v) is 6.27. The van der Waals surface area contributed by atoms with Crippen molar-refractivity contribution in [2.45, 2.75) is 31.6 Å². The largest absolute Gasteiger partial charge is 0.497 e. The van der Waals surface area contributed by atoms with Crippen LogP contribution in [0.4, 0.5) is 0 Å². The molecule has 0 radical (unpaired) electrons. The van der Waals surface area contributed by atoms with E-state index in [1.807, 2.05) is 55.5 Å². The van der Waals surface area contributed by atoms with Gasteiger partial charge in [-0.05, 0) is 43.0 Å². The van der Waals surface area contributed by atoms with Crippen molar-refractivity contribution in [1.82, 2.24) is 5.32 Å². The molecule has 2 aromatic carbocycles. The molecule has 32 heavy (non-hydrogen) atoms. The first kappa shape index (κ1) is 21.7. The number of rotatable bonds is 5. The fourth-order valence-electron chi connectivity index (χ4n) is 4.75. The zero-order chi connectivity index (χ0) is 22.8. The van der Waals surface area contributed by atoms with Crippen LogP contribution in [0.5, 0.6) is 11.5 Å². The van der Waals surface area contributed by atoms with Gasteiger partial charge in [-0.3, -0.25) is 4.79 Å². The monoisotopic (exact) mass is 433 g/mol. The second kappa shape index (κ2) is 8.91. The molecule has 0 unspecified atom stereocenters. The second-order valence-electron chi connectivity index (χ2n) is 8.02. The van der Waals surface area contributed by atoms with E-state index in [-0.39, 0.29) is 11.7 Å². The number of allylic oxidation sites excluding steroid dienone is 3. The van der Waals surface area contributed by atoms with E-state index in [1.54, 1.807) is 14.2 Å². The lowest BCUT2D eigenvalue weighted by Gasteiger charge is -2.37. The van der Waals surface area contributed by atoms with E-state index in [2.05, 4.69) is 5.32 Å².